The fraction of sp³-hybridized carbons (Fsp3) is 0.562. The molecule has 0 bridgehead atoms. The Morgan fingerprint density at radius 3 is 1.80 bits per heavy atom. The van der Waals surface area contributed by atoms with Gasteiger partial charge in [-0.25, -0.2) is 0 Å². The fourth-order valence-corrected chi connectivity index (χ4v) is 3.39. The molecule has 1 aromatic carbocycles. The van der Waals surface area contributed by atoms with E-state index in [0.717, 1.165) is 19.2 Å². The largest absolute Gasteiger partial charge is 0.493 e. The van der Waals surface area contributed by atoms with Crippen LogP contribution in [0.1, 0.15) is 12.0 Å². The number of benzene rings is 1. The zero-order chi connectivity index (χ0) is 23.0. The van der Waals surface area contributed by atoms with Crippen molar-refractivity contribution in [2.24, 2.45) is 0 Å². The number of ether oxygens (including phenoxy) is 2. The molecule has 168 valence electrons. The van der Waals surface area contributed by atoms with Crippen LogP contribution in [0, 0.1) is 0 Å². The van der Waals surface area contributed by atoms with Gasteiger partial charge in [0.15, 0.2) is 11.5 Å². The van der Waals surface area contributed by atoms with E-state index in [2.05, 4.69) is 5.32 Å². The Kier molecular flexibility index (Phi) is 4.67. The van der Waals surface area contributed by atoms with Crippen molar-refractivity contribution >= 4 is 5.91 Å². The van der Waals surface area contributed by atoms with Crippen LogP contribution in [0.15, 0.2) is 18.2 Å². The van der Waals surface area contributed by atoms with Crippen LogP contribution in [-0.2, 0) is 10.4 Å². The van der Waals surface area contributed by atoms with E-state index in [1.54, 1.807) is 0 Å². The molecule has 0 spiro atoms. The number of β-amino-alcohol motifs (C(OH)–C–C–N with tert-alkyl or cyclic N) is 1. The topological polar surface area (TPSA) is 250 Å². The van der Waals surface area contributed by atoms with Crippen molar-refractivity contribution in [3.05, 3.63) is 23.8 Å². The number of carbonyl (C=O) groups is 1. The van der Waals surface area contributed by atoms with Crippen molar-refractivity contribution in [2.75, 3.05) is 13.7 Å². The third kappa shape index (κ3) is 2.51. The lowest BCUT2D eigenvalue weighted by molar-refractivity contribution is -0.452. The van der Waals surface area contributed by atoms with Crippen LogP contribution in [0.4, 0.5) is 0 Å². The highest BCUT2D eigenvalue weighted by molar-refractivity contribution is 5.80. The van der Waals surface area contributed by atoms with Crippen LogP contribution in [0.3, 0.4) is 0 Å². The van der Waals surface area contributed by atoms with E-state index >= 15 is 0 Å². The van der Waals surface area contributed by atoms with E-state index in [1.807, 2.05) is 0 Å². The second-order valence-corrected chi connectivity index (χ2v) is 7.29. The Bertz CT molecular complexity index is 854. The van der Waals surface area contributed by atoms with E-state index in [-0.39, 0.29) is 24.3 Å². The summed E-state index contributed by atoms with van der Waals surface area (Å²) in [5.41, 5.74) is -1.79. The van der Waals surface area contributed by atoms with E-state index < -0.39 is 46.2 Å². The minimum atomic E-state index is -4.54. The Hall–Kier alpha value is -2.11. The van der Waals surface area contributed by atoms with Crippen molar-refractivity contribution in [3.8, 4) is 11.5 Å². The molecule has 14 heteroatoms. The van der Waals surface area contributed by atoms with Gasteiger partial charge >= 0.3 is 5.79 Å². The van der Waals surface area contributed by atoms with Crippen LogP contribution in [0.5, 0.6) is 11.5 Å². The van der Waals surface area contributed by atoms with Crippen LogP contribution >= 0.6 is 0 Å². The van der Waals surface area contributed by atoms with Gasteiger partial charge in [-0.2, -0.15) is 0 Å². The number of nitrogens with one attached hydrogen (secondary N) is 1. The van der Waals surface area contributed by atoms with Gasteiger partial charge in [0.05, 0.1) is 20.1 Å². The maximum atomic E-state index is 11.5. The summed E-state index contributed by atoms with van der Waals surface area (Å²) < 4.78 is 9.77. The molecule has 1 atom stereocenters. The molecule has 1 aliphatic heterocycles. The maximum Gasteiger partial charge on any atom is 0.329 e. The van der Waals surface area contributed by atoms with Gasteiger partial charge < -0.3 is 65.9 Å². The van der Waals surface area contributed by atoms with Gasteiger partial charge in [0, 0.05) is 0 Å². The predicted molar refractivity (Wildman–Crippen MR) is 88.8 cm³/mol. The normalized spacial score (nSPS) is 30.0. The highest BCUT2D eigenvalue weighted by Gasteiger charge is 2.93. The Morgan fingerprint density at radius 2 is 1.37 bits per heavy atom. The first kappa shape index (κ1) is 22.6. The molecule has 30 heavy (non-hydrogen) atoms. The number of hydrogen-bond donors (Lipinski definition) is 11. The first-order valence-electron chi connectivity index (χ1n) is 8.36. The lowest BCUT2D eigenvalue weighted by Gasteiger charge is -2.39. The molecule has 1 saturated heterocycles. The Morgan fingerprint density at radius 1 is 0.833 bits per heavy atom. The van der Waals surface area contributed by atoms with E-state index in [9.17, 15) is 55.9 Å². The van der Waals surface area contributed by atoms with Crippen LogP contribution in [-0.4, -0.2) is 99.6 Å². The maximum absolute atomic E-state index is 11.5. The first-order valence-corrected chi connectivity index (χ1v) is 8.36. The highest BCUT2D eigenvalue weighted by atomic mass is 16.8. The van der Waals surface area contributed by atoms with Crippen molar-refractivity contribution in [1.82, 2.24) is 5.32 Å². The quantitative estimate of drug-likeness (QED) is 0.197. The highest BCUT2D eigenvalue weighted by Crippen LogP contribution is 2.55. The minimum absolute atomic E-state index is 0.0280. The van der Waals surface area contributed by atoms with Gasteiger partial charge in [-0.15, -0.1) is 0 Å². The molecular weight excluding hydrogens is 414 g/mol. The van der Waals surface area contributed by atoms with E-state index in [4.69, 9.17) is 9.47 Å². The Balaban J connectivity index is 2.13. The monoisotopic (exact) mass is 435 g/mol. The number of methoxy groups -OCH3 is 1. The van der Waals surface area contributed by atoms with Gasteiger partial charge in [0.2, 0.25) is 5.91 Å². The number of carbonyl (C=O) groups excluding carboxylic acids is 1. The summed E-state index contributed by atoms with van der Waals surface area (Å²) in [5, 5.41) is 102. The van der Waals surface area contributed by atoms with Gasteiger partial charge in [0.25, 0.3) is 23.1 Å². The first-order chi connectivity index (χ1) is 13.5. The molecule has 3 rings (SSSR count). The molecule has 1 saturated carbocycles. The van der Waals surface area contributed by atoms with Crippen molar-refractivity contribution in [2.45, 2.75) is 41.0 Å². The molecule has 11 N–H and O–H groups in total. The number of aliphatic hydroxyl groups is 10. The second kappa shape index (κ2) is 6.21. The molecule has 1 aromatic rings. The second-order valence-electron chi connectivity index (χ2n) is 7.29. The summed E-state index contributed by atoms with van der Waals surface area (Å²) in [6.45, 7) is -0.220. The van der Waals surface area contributed by atoms with E-state index in [1.165, 1.54) is 6.07 Å². The average molecular weight is 435 g/mol. The third-order valence-corrected chi connectivity index (χ3v) is 5.39. The molecular formula is C16H21NO13. The third-order valence-electron chi connectivity index (χ3n) is 5.39. The van der Waals surface area contributed by atoms with Crippen LogP contribution in [0.25, 0.3) is 0 Å². The average Bonchev–Trinajstić information content (AvgIpc) is 3.02. The zero-order valence-electron chi connectivity index (χ0n) is 15.3. The summed E-state index contributed by atoms with van der Waals surface area (Å²) in [6, 6.07) is 3.33. The van der Waals surface area contributed by atoms with Gasteiger partial charge in [0.1, 0.15) is 5.60 Å². The molecule has 0 radical (unpaired) electrons. The van der Waals surface area contributed by atoms with Crippen LogP contribution < -0.4 is 14.8 Å². The predicted octanol–water partition coefficient (Wildman–Crippen LogP) is -5.79. The van der Waals surface area contributed by atoms with Crippen molar-refractivity contribution in [3.63, 3.8) is 0 Å². The molecule has 0 aromatic heterocycles. The number of hydrogen-bond acceptors (Lipinski definition) is 13. The van der Waals surface area contributed by atoms with E-state index in [0.29, 0.717) is 0 Å². The Labute approximate surface area is 167 Å². The van der Waals surface area contributed by atoms with Crippen molar-refractivity contribution < 1.29 is 65.3 Å². The summed E-state index contributed by atoms with van der Waals surface area (Å²) in [4.78, 5) is 11.5. The lowest BCUT2D eigenvalue weighted by atomic mass is 9.92. The fourth-order valence-electron chi connectivity index (χ4n) is 3.39. The zero-order valence-corrected chi connectivity index (χ0v) is 15.3. The summed E-state index contributed by atoms with van der Waals surface area (Å²) in [5.74, 6) is -23.9. The van der Waals surface area contributed by atoms with Gasteiger partial charge in [-0.3, -0.25) is 4.79 Å². The molecule has 1 unspecified atom stereocenters. The minimum Gasteiger partial charge on any atom is -0.493 e. The molecule has 14 nitrogen and oxygen atoms in total. The summed E-state index contributed by atoms with van der Waals surface area (Å²) in [7, 11) is 1.09. The standard InChI is InChI=1S/C16H21NO13/c1-29-8-3-2-7(11(19)5-10(18)17-6-11)4-9(8)30-16(28)14(24,25)12(20,21)13(22,23)15(16,26)27/h2-4,19-28H,5-6H2,1H3,(H,17,18). The molecule has 1 aliphatic carbocycles. The smallest absolute Gasteiger partial charge is 0.329 e. The van der Waals surface area contributed by atoms with Crippen LogP contribution in [0.2, 0.25) is 0 Å². The summed E-state index contributed by atoms with van der Waals surface area (Å²) >= 11 is 0. The summed E-state index contributed by atoms with van der Waals surface area (Å²) in [6.07, 6.45) is -0.371. The molecule has 1 amide bonds. The number of amides is 1. The molecule has 2 fully saturated rings. The molecule has 2 aliphatic rings. The van der Waals surface area contributed by atoms with Gasteiger partial charge in [-0.05, 0) is 17.7 Å². The molecule has 1 heterocycles. The SMILES string of the molecule is COc1ccc(C2(O)CNC(=O)C2)cc1OC1(O)C(O)(O)C(O)(O)C(O)(O)C1(O)O. The lowest BCUT2D eigenvalue weighted by Crippen LogP contribution is -2.70. The van der Waals surface area contributed by atoms with Gasteiger partial charge in [-0.1, -0.05) is 6.07 Å². The number of rotatable bonds is 4. The van der Waals surface area contributed by atoms with Crippen molar-refractivity contribution in [1.29, 1.82) is 0 Å².